The zero-order valence-corrected chi connectivity index (χ0v) is 11.9. The standard InChI is InChI=1S/C10H19NO4S2/c1-7(10(12)13)8(2)11-4-5-16-6-9(11)17(3,14)15/h7-9H,4-6H2,1-3H3,(H,12,13). The number of carboxylic acids is 1. The lowest BCUT2D eigenvalue weighted by molar-refractivity contribution is -0.143. The molecule has 0 aromatic carbocycles. The van der Waals surface area contributed by atoms with Crippen LogP contribution in [0.5, 0.6) is 0 Å². The third-order valence-corrected chi connectivity index (χ3v) is 5.91. The van der Waals surface area contributed by atoms with E-state index in [1.165, 1.54) is 6.26 Å². The highest BCUT2D eigenvalue weighted by Crippen LogP contribution is 2.25. The van der Waals surface area contributed by atoms with Crippen LogP contribution in [0.15, 0.2) is 0 Å². The first-order valence-electron chi connectivity index (χ1n) is 5.50. The van der Waals surface area contributed by atoms with Crippen molar-refractivity contribution in [1.29, 1.82) is 0 Å². The molecule has 3 unspecified atom stereocenters. The van der Waals surface area contributed by atoms with E-state index >= 15 is 0 Å². The van der Waals surface area contributed by atoms with E-state index in [0.29, 0.717) is 12.3 Å². The Morgan fingerprint density at radius 3 is 2.53 bits per heavy atom. The van der Waals surface area contributed by atoms with Crippen LogP contribution in [0.1, 0.15) is 13.8 Å². The topological polar surface area (TPSA) is 74.7 Å². The van der Waals surface area contributed by atoms with Gasteiger partial charge in [-0.2, -0.15) is 11.8 Å². The first-order chi connectivity index (χ1) is 7.75. The van der Waals surface area contributed by atoms with Gasteiger partial charge in [-0.05, 0) is 6.92 Å². The van der Waals surface area contributed by atoms with E-state index in [2.05, 4.69) is 0 Å². The third-order valence-electron chi connectivity index (χ3n) is 3.25. The van der Waals surface area contributed by atoms with Crippen molar-refractivity contribution >= 4 is 27.6 Å². The molecule has 0 aliphatic carbocycles. The van der Waals surface area contributed by atoms with Crippen LogP contribution in [0.3, 0.4) is 0 Å². The zero-order chi connectivity index (χ0) is 13.2. The highest BCUT2D eigenvalue weighted by molar-refractivity contribution is 8.00. The minimum Gasteiger partial charge on any atom is -0.481 e. The van der Waals surface area contributed by atoms with Crippen LogP contribution in [0.4, 0.5) is 0 Å². The fourth-order valence-electron chi connectivity index (χ4n) is 1.92. The molecule has 3 atom stereocenters. The molecule has 0 radical (unpaired) electrons. The molecule has 7 heteroatoms. The normalized spacial score (nSPS) is 26.4. The van der Waals surface area contributed by atoms with E-state index in [0.717, 1.165) is 5.75 Å². The number of hydrogen-bond donors (Lipinski definition) is 1. The second-order valence-electron chi connectivity index (χ2n) is 4.46. The minimum absolute atomic E-state index is 0.270. The quantitative estimate of drug-likeness (QED) is 0.809. The Balaban J connectivity index is 2.89. The van der Waals surface area contributed by atoms with Crippen LogP contribution in [0.2, 0.25) is 0 Å². The summed E-state index contributed by atoms with van der Waals surface area (Å²) >= 11 is 1.60. The number of carboxylic acid groups (broad SMARTS) is 1. The molecule has 0 amide bonds. The second-order valence-corrected chi connectivity index (χ2v) is 7.82. The molecule has 0 bridgehead atoms. The average molecular weight is 281 g/mol. The van der Waals surface area contributed by atoms with Gasteiger partial charge in [0.2, 0.25) is 0 Å². The number of carbonyl (C=O) groups is 1. The van der Waals surface area contributed by atoms with Gasteiger partial charge in [0.1, 0.15) is 5.37 Å². The van der Waals surface area contributed by atoms with E-state index in [4.69, 9.17) is 5.11 Å². The van der Waals surface area contributed by atoms with Gasteiger partial charge in [-0.3, -0.25) is 9.69 Å². The van der Waals surface area contributed by atoms with E-state index < -0.39 is 27.1 Å². The van der Waals surface area contributed by atoms with Crippen molar-refractivity contribution < 1.29 is 18.3 Å². The van der Waals surface area contributed by atoms with Gasteiger partial charge in [0.05, 0.1) is 5.92 Å². The van der Waals surface area contributed by atoms with Crippen LogP contribution in [-0.2, 0) is 14.6 Å². The maximum Gasteiger partial charge on any atom is 0.307 e. The van der Waals surface area contributed by atoms with Crippen LogP contribution >= 0.6 is 11.8 Å². The molecule has 1 saturated heterocycles. The lowest BCUT2D eigenvalue weighted by Crippen LogP contribution is -2.53. The molecule has 0 spiro atoms. The van der Waals surface area contributed by atoms with Crippen molar-refractivity contribution in [3.8, 4) is 0 Å². The summed E-state index contributed by atoms with van der Waals surface area (Å²) in [7, 11) is -3.17. The largest absolute Gasteiger partial charge is 0.481 e. The number of thioether (sulfide) groups is 1. The van der Waals surface area contributed by atoms with Gasteiger partial charge in [0, 0.05) is 30.3 Å². The Bertz CT molecular complexity index is 382. The summed E-state index contributed by atoms with van der Waals surface area (Å²) in [6.45, 7) is 4.03. The third kappa shape index (κ3) is 3.59. The van der Waals surface area contributed by atoms with Crippen LogP contribution in [0, 0.1) is 5.92 Å². The molecule has 17 heavy (non-hydrogen) atoms. The first-order valence-corrected chi connectivity index (χ1v) is 8.61. The first kappa shape index (κ1) is 14.8. The van der Waals surface area contributed by atoms with Crippen LogP contribution < -0.4 is 0 Å². The summed E-state index contributed by atoms with van der Waals surface area (Å²) in [5.41, 5.74) is 0. The van der Waals surface area contributed by atoms with Gasteiger partial charge in [-0.15, -0.1) is 0 Å². The average Bonchev–Trinajstić information content (AvgIpc) is 2.25. The Hall–Kier alpha value is -0.270. The molecule has 1 heterocycles. The van der Waals surface area contributed by atoms with Gasteiger partial charge in [-0.25, -0.2) is 8.42 Å². The minimum atomic E-state index is -3.17. The Labute approximate surface area is 106 Å². The van der Waals surface area contributed by atoms with Gasteiger partial charge >= 0.3 is 5.97 Å². The fraction of sp³-hybridized carbons (Fsp3) is 0.900. The Morgan fingerprint density at radius 2 is 2.06 bits per heavy atom. The van der Waals surface area contributed by atoms with Crippen LogP contribution in [0.25, 0.3) is 0 Å². The zero-order valence-electron chi connectivity index (χ0n) is 10.3. The molecular weight excluding hydrogens is 262 g/mol. The lowest BCUT2D eigenvalue weighted by Gasteiger charge is -2.39. The molecular formula is C10H19NO4S2. The van der Waals surface area contributed by atoms with Crippen molar-refractivity contribution in [3.05, 3.63) is 0 Å². The smallest absolute Gasteiger partial charge is 0.307 e. The van der Waals surface area contributed by atoms with Crippen molar-refractivity contribution in [1.82, 2.24) is 4.90 Å². The van der Waals surface area contributed by atoms with E-state index in [-0.39, 0.29) is 6.04 Å². The molecule has 5 nitrogen and oxygen atoms in total. The van der Waals surface area contributed by atoms with Crippen molar-refractivity contribution in [2.45, 2.75) is 25.3 Å². The molecule has 1 fully saturated rings. The van der Waals surface area contributed by atoms with Gasteiger partial charge in [-0.1, -0.05) is 6.92 Å². The summed E-state index contributed by atoms with van der Waals surface area (Å²) in [4.78, 5) is 12.8. The maximum absolute atomic E-state index is 11.7. The van der Waals surface area contributed by atoms with E-state index in [9.17, 15) is 13.2 Å². The number of rotatable bonds is 4. The molecule has 1 rings (SSSR count). The SMILES string of the molecule is CC(C(=O)O)C(C)N1CCSCC1S(C)(=O)=O. The molecule has 0 aromatic rings. The highest BCUT2D eigenvalue weighted by Gasteiger charge is 2.37. The molecule has 1 N–H and O–H groups in total. The van der Waals surface area contributed by atoms with Gasteiger partial charge < -0.3 is 5.11 Å². The predicted molar refractivity (Wildman–Crippen MR) is 68.9 cm³/mol. The van der Waals surface area contributed by atoms with Gasteiger partial charge in [0.25, 0.3) is 0 Å². The number of nitrogens with zero attached hydrogens (tertiary/aromatic N) is 1. The fourth-order valence-corrected chi connectivity index (χ4v) is 4.89. The lowest BCUT2D eigenvalue weighted by atomic mass is 10.0. The maximum atomic E-state index is 11.7. The van der Waals surface area contributed by atoms with E-state index in [1.807, 2.05) is 4.90 Å². The molecule has 1 aliphatic rings. The summed E-state index contributed by atoms with van der Waals surface area (Å²) in [5.74, 6) is -0.0802. The van der Waals surface area contributed by atoms with Crippen molar-refractivity contribution in [2.75, 3.05) is 24.3 Å². The highest BCUT2D eigenvalue weighted by atomic mass is 32.2. The summed E-state index contributed by atoms with van der Waals surface area (Å²) in [6, 6.07) is -0.270. The number of aliphatic carboxylic acids is 1. The summed E-state index contributed by atoms with van der Waals surface area (Å²) in [6.07, 6.45) is 1.22. The van der Waals surface area contributed by atoms with Crippen molar-refractivity contribution in [2.24, 2.45) is 5.92 Å². The Morgan fingerprint density at radius 1 is 1.47 bits per heavy atom. The molecule has 0 aromatic heterocycles. The second kappa shape index (κ2) is 5.58. The molecule has 100 valence electrons. The number of sulfone groups is 1. The number of hydrogen-bond acceptors (Lipinski definition) is 5. The molecule has 1 aliphatic heterocycles. The summed E-state index contributed by atoms with van der Waals surface area (Å²) < 4.78 is 23.4. The molecule has 0 saturated carbocycles. The summed E-state index contributed by atoms with van der Waals surface area (Å²) in [5, 5.41) is 8.43. The van der Waals surface area contributed by atoms with Gasteiger partial charge in [0.15, 0.2) is 9.84 Å². The monoisotopic (exact) mass is 281 g/mol. The predicted octanol–water partition coefficient (Wildman–Crippen LogP) is 0.515. The Kier molecular flexibility index (Phi) is 4.86. The van der Waals surface area contributed by atoms with Crippen molar-refractivity contribution in [3.63, 3.8) is 0 Å². The van der Waals surface area contributed by atoms with Crippen LogP contribution in [-0.4, -0.2) is 60.1 Å². The van der Waals surface area contributed by atoms with E-state index in [1.54, 1.807) is 25.6 Å².